The molecule has 0 saturated carbocycles. The minimum Gasteiger partial charge on any atom is -0.458 e. The van der Waals surface area contributed by atoms with Crippen molar-refractivity contribution in [1.82, 2.24) is 0 Å². The van der Waals surface area contributed by atoms with Gasteiger partial charge in [0.2, 0.25) is 0 Å². The molecular formula is C22H21FO6. The Kier molecular flexibility index (Phi) is 5.53. The van der Waals surface area contributed by atoms with Crippen molar-refractivity contribution in [2.45, 2.75) is 38.1 Å². The summed E-state index contributed by atoms with van der Waals surface area (Å²) in [5, 5.41) is 10.7. The predicted molar refractivity (Wildman–Crippen MR) is 101 cm³/mol. The molecule has 1 heterocycles. The zero-order chi connectivity index (χ0) is 21.3. The van der Waals surface area contributed by atoms with Crippen molar-refractivity contribution in [3.63, 3.8) is 0 Å². The van der Waals surface area contributed by atoms with E-state index in [-0.39, 0.29) is 23.3 Å². The maximum absolute atomic E-state index is 13.1. The number of carbonyl (C=O) groups excluding carboxylic acids is 3. The van der Waals surface area contributed by atoms with E-state index in [1.165, 1.54) is 37.3 Å². The largest absolute Gasteiger partial charge is 0.458 e. The quantitative estimate of drug-likeness (QED) is 0.606. The molecule has 3 rings (SSSR count). The Balaban J connectivity index is 1.99. The van der Waals surface area contributed by atoms with Crippen LogP contribution in [0, 0.1) is 11.7 Å². The number of fused-ring (bicyclic) bond motifs is 1. The van der Waals surface area contributed by atoms with Gasteiger partial charge in [0.1, 0.15) is 18.0 Å². The first-order valence-electron chi connectivity index (χ1n) is 9.08. The molecule has 1 fully saturated rings. The molecule has 0 unspecified atom stereocenters. The van der Waals surface area contributed by atoms with Gasteiger partial charge in [-0.25, -0.2) is 14.0 Å². The second-order valence-corrected chi connectivity index (χ2v) is 7.48. The van der Waals surface area contributed by atoms with E-state index >= 15 is 0 Å². The number of hydrogen-bond donors (Lipinski definition) is 1. The molecule has 0 aromatic heterocycles. The van der Waals surface area contributed by atoms with Crippen molar-refractivity contribution in [2.75, 3.05) is 0 Å². The molecule has 2 aliphatic rings. The number of aliphatic hydroxyl groups is 1. The van der Waals surface area contributed by atoms with Crippen LogP contribution >= 0.6 is 0 Å². The highest BCUT2D eigenvalue weighted by molar-refractivity contribution is 6.03. The van der Waals surface area contributed by atoms with Crippen molar-refractivity contribution in [2.24, 2.45) is 5.92 Å². The first-order chi connectivity index (χ1) is 13.6. The number of halogens is 1. The Morgan fingerprint density at radius 1 is 1.31 bits per heavy atom. The van der Waals surface area contributed by atoms with Crippen molar-refractivity contribution >= 4 is 17.7 Å². The van der Waals surface area contributed by atoms with Crippen LogP contribution in [0.2, 0.25) is 0 Å². The third kappa shape index (κ3) is 4.51. The van der Waals surface area contributed by atoms with Gasteiger partial charge in [0.15, 0.2) is 5.78 Å². The number of benzene rings is 1. The summed E-state index contributed by atoms with van der Waals surface area (Å²) in [6.45, 7) is 6.78. The first kappa shape index (κ1) is 20.7. The number of ether oxygens (including phenoxy) is 2. The van der Waals surface area contributed by atoms with Gasteiger partial charge in [0.05, 0.1) is 17.1 Å². The van der Waals surface area contributed by atoms with Crippen LogP contribution in [0.4, 0.5) is 4.39 Å². The molecule has 6 nitrogen and oxygen atoms in total. The van der Waals surface area contributed by atoms with Gasteiger partial charge in [-0.2, -0.15) is 0 Å². The molecule has 1 N–H and O–H groups in total. The van der Waals surface area contributed by atoms with E-state index < -0.39 is 41.5 Å². The van der Waals surface area contributed by atoms with Crippen molar-refractivity contribution < 1.29 is 33.4 Å². The Hall–Kier alpha value is -3.06. The van der Waals surface area contributed by atoms with Gasteiger partial charge in [0.25, 0.3) is 0 Å². The van der Waals surface area contributed by atoms with Gasteiger partial charge in [-0.05, 0) is 61.9 Å². The van der Waals surface area contributed by atoms with Crippen LogP contribution in [-0.4, -0.2) is 40.6 Å². The average molecular weight is 400 g/mol. The summed E-state index contributed by atoms with van der Waals surface area (Å²) < 4.78 is 24.1. The zero-order valence-electron chi connectivity index (χ0n) is 16.1. The van der Waals surface area contributed by atoms with Crippen molar-refractivity contribution in [3.8, 4) is 0 Å². The van der Waals surface area contributed by atoms with Crippen LogP contribution in [0.5, 0.6) is 0 Å². The third-order valence-corrected chi connectivity index (χ3v) is 5.01. The van der Waals surface area contributed by atoms with Gasteiger partial charge >= 0.3 is 11.9 Å². The molecule has 0 bridgehead atoms. The van der Waals surface area contributed by atoms with Gasteiger partial charge in [-0.15, -0.1) is 0 Å². The number of ketones is 1. The van der Waals surface area contributed by atoms with Crippen LogP contribution in [0.25, 0.3) is 0 Å². The standard InChI is InChI=1S/C22H21FO6/c1-12-10-17-19(13(2)20(25)28-17)18(11-22(3,27)9-8-16(12)24)29-21(26)14-4-6-15(23)7-5-14/h4-10,17-19,27H,2,11H2,1,3H3/b9-8+,12-10-/t17-,18-,19+,22+/m1/s1. The van der Waals surface area contributed by atoms with Crippen molar-refractivity contribution in [3.05, 3.63) is 71.6 Å². The molecule has 0 amide bonds. The number of hydrogen-bond acceptors (Lipinski definition) is 6. The average Bonchev–Trinajstić information content (AvgIpc) is 2.92. The smallest absolute Gasteiger partial charge is 0.338 e. The molecule has 1 aliphatic heterocycles. The van der Waals surface area contributed by atoms with Gasteiger partial charge < -0.3 is 14.6 Å². The molecule has 0 spiro atoms. The van der Waals surface area contributed by atoms with Crippen LogP contribution < -0.4 is 0 Å². The Morgan fingerprint density at radius 2 is 1.97 bits per heavy atom. The first-order valence-corrected chi connectivity index (χ1v) is 9.08. The summed E-state index contributed by atoms with van der Waals surface area (Å²) in [5.74, 6) is -3.02. The fourth-order valence-corrected chi connectivity index (χ4v) is 3.40. The molecule has 152 valence electrons. The lowest BCUT2D eigenvalue weighted by molar-refractivity contribution is -0.137. The zero-order valence-corrected chi connectivity index (χ0v) is 16.1. The second-order valence-electron chi connectivity index (χ2n) is 7.48. The minimum atomic E-state index is -1.50. The summed E-state index contributed by atoms with van der Waals surface area (Å²) in [5.41, 5.74) is -0.978. The van der Waals surface area contributed by atoms with Crippen LogP contribution in [0.15, 0.2) is 60.2 Å². The fourth-order valence-electron chi connectivity index (χ4n) is 3.40. The molecule has 29 heavy (non-hydrogen) atoms. The highest BCUT2D eigenvalue weighted by atomic mass is 19.1. The number of rotatable bonds is 2. The van der Waals surface area contributed by atoms with Crippen molar-refractivity contribution in [1.29, 1.82) is 0 Å². The third-order valence-electron chi connectivity index (χ3n) is 5.01. The van der Waals surface area contributed by atoms with E-state index in [2.05, 4.69) is 6.58 Å². The number of esters is 2. The molecule has 1 aromatic carbocycles. The minimum absolute atomic E-state index is 0.0868. The summed E-state index contributed by atoms with van der Waals surface area (Å²) >= 11 is 0. The Morgan fingerprint density at radius 3 is 2.62 bits per heavy atom. The highest BCUT2D eigenvalue weighted by Crippen LogP contribution is 2.37. The van der Waals surface area contributed by atoms with Crippen LogP contribution in [0.3, 0.4) is 0 Å². The molecule has 1 saturated heterocycles. The summed E-state index contributed by atoms with van der Waals surface area (Å²) in [6, 6.07) is 4.82. The van der Waals surface area contributed by atoms with E-state index in [0.717, 1.165) is 12.1 Å². The molecular weight excluding hydrogens is 379 g/mol. The monoisotopic (exact) mass is 400 g/mol. The summed E-state index contributed by atoms with van der Waals surface area (Å²) in [4.78, 5) is 36.9. The maximum Gasteiger partial charge on any atom is 0.338 e. The highest BCUT2D eigenvalue weighted by Gasteiger charge is 2.46. The topological polar surface area (TPSA) is 89.9 Å². The Bertz CT molecular complexity index is 925. The molecule has 1 aliphatic carbocycles. The molecule has 1 aromatic rings. The van der Waals surface area contributed by atoms with E-state index in [4.69, 9.17) is 9.47 Å². The van der Waals surface area contributed by atoms with E-state index in [1.54, 1.807) is 6.92 Å². The summed E-state index contributed by atoms with van der Waals surface area (Å²) in [7, 11) is 0. The van der Waals surface area contributed by atoms with E-state index in [0.29, 0.717) is 5.57 Å². The maximum atomic E-state index is 13.1. The van der Waals surface area contributed by atoms with Crippen LogP contribution in [0.1, 0.15) is 30.6 Å². The lowest BCUT2D eigenvalue weighted by Crippen LogP contribution is -2.39. The molecule has 7 heteroatoms. The molecule has 4 atom stereocenters. The normalized spacial score (nSPS) is 32.6. The van der Waals surface area contributed by atoms with Gasteiger partial charge in [-0.3, -0.25) is 4.79 Å². The lowest BCUT2D eigenvalue weighted by atomic mass is 9.82. The summed E-state index contributed by atoms with van der Waals surface area (Å²) in [6.07, 6.45) is 2.10. The number of carbonyl (C=O) groups is 3. The Labute approximate surface area is 167 Å². The second kappa shape index (κ2) is 7.75. The van der Waals surface area contributed by atoms with E-state index in [9.17, 15) is 23.9 Å². The molecule has 0 radical (unpaired) electrons. The fraction of sp³-hybridized carbons (Fsp3) is 0.318. The predicted octanol–water partition coefficient (Wildman–Crippen LogP) is 2.68. The van der Waals surface area contributed by atoms with E-state index in [1.807, 2.05) is 0 Å². The van der Waals surface area contributed by atoms with Crippen LogP contribution in [-0.2, 0) is 19.1 Å². The SMILES string of the molecule is C=C1C(=O)O[C@@H]2/C=C(/C)C(=O)/C=C/[C@](C)(O)C[C@@H](OC(=O)c3ccc(F)cc3)[C@@H]12. The lowest BCUT2D eigenvalue weighted by Gasteiger charge is -2.31. The number of allylic oxidation sites excluding steroid dienone is 2. The van der Waals surface area contributed by atoms with Gasteiger partial charge in [-0.1, -0.05) is 6.58 Å². The van der Waals surface area contributed by atoms with Gasteiger partial charge in [0, 0.05) is 12.0 Å².